The molecular formula is C14H23NO. The Morgan fingerprint density at radius 3 is 2.88 bits per heavy atom. The monoisotopic (exact) mass is 221 g/mol. The van der Waals surface area contributed by atoms with Gasteiger partial charge in [-0.2, -0.15) is 0 Å². The number of methoxy groups -OCH3 is 1. The van der Waals surface area contributed by atoms with Gasteiger partial charge in [0.1, 0.15) is 5.75 Å². The Morgan fingerprint density at radius 1 is 1.38 bits per heavy atom. The quantitative estimate of drug-likeness (QED) is 0.763. The second-order valence-electron chi connectivity index (χ2n) is 4.38. The molecule has 0 spiro atoms. The van der Waals surface area contributed by atoms with Crippen LogP contribution in [0.2, 0.25) is 0 Å². The van der Waals surface area contributed by atoms with Gasteiger partial charge in [0.25, 0.3) is 0 Å². The van der Waals surface area contributed by atoms with E-state index < -0.39 is 0 Å². The van der Waals surface area contributed by atoms with Gasteiger partial charge in [0.05, 0.1) is 7.11 Å². The van der Waals surface area contributed by atoms with Crippen molar-refractivity contribution >= 4 is 0 Å². The average molecular weight is 221 g/mol. The summed E-state index contributed by atoms with van der Waals surface area (Å²) in [6, 6.07) is 8.21. The van der Waals surface area contributed by atoms with Gasteiger partial charge in [-0.3, -0.25) is 0 Å². The van der Waals surface area contributed by atoms with E-state index in [0.717, 1.165) is 24.8 Å². The summed E-state index contributed by atoms with van der Waals surface area (Å²) in [7, 11) is 1.70. The van der Waals surface area contributed by atoms with Gasteiger partial charge in [0.15, 0.2) is 0 Å². The van der Waals surface area contributed by atoms with Crippen LogP contribution in [0.3, 0.4) is 0 Å². The second-order valence-corrected chi connectivity index (χ2v) is 4.38. The highest BCUT2D eigenvalue weighted by Gasteiger charge is 2.00. The van der Waals surface area contributed by atoms with Gasteiger partial charge in [-0.1, -0.05) is 32.4 Å². The molecule has 2 nitrogen and oxygen atoms in total. The third kappa shape index (κ3) is 4.67. The lowest BCUT2D eigenvalue weighted by Gasteiger charge is -2.11. The standard InChI is InChI=1S/C14H23NO/c1-4-6-12(2)10-15-11-13-7-5-8-14(9-13)16-3/h5,7-9,12,15H,4,6,10-11H2,1-3H3. The second kappa shape index (κ2) is 7.29. The molecule has 1 aromatic rings. The molecule has 0 fully saturated rings. The molecule has 0 aromatic heterocycles. The molecule has 0 heterocycles. The molecule has 0 amide bonds. The van der Waals surface area contributed by atoms with E-state index in [4.69, 9.17) is 4.74 Å². The van der Waals surface area contributed by atoms with E-state index in [2.05, 4.69) is 31.3 Å². The van der Waals surface area contributed by atoms with Crippen LogP contribution in [0.25, 0.3) is 0 Å². The van der Waals surface area contributed by atoms with Crippen LogP contribution in [-0.2, 0) is 6.54 Å². The molecule has 0 aliphatic heterocycles. The van der Waals surface area contributed by atoms with Crippen LogP contribution < -0.4 is 10.1 Å². The maximum Gasteiger partial charge on any atom is 0.119 e. The minimum Gasteiger partial charge on any atom is -0.497 e. The van der Waals surface area contributed by atoms with Gasteiger partial charge in [-0.05, 0) is 36.6 Å². The fourth-order valence-corrected chi connectivity index (χ4v) is 1.84. The van der Waals surface area contributed by atoms with Crippen molar-refractivity contribution in [2.75, 3.05) is 13.7 Å². The number of nitrogens with one attached hydrogen (secondary N) is 1. The van der Waals surface area contributed by atoms with E-state index in [-0.39, 0.29) is 0 Å². The first-order chi connectivity index (χ1) is 7.76. The van der Waals surface area contributed by atoms with Gasteiger partial charge in [0, 0.05) is 6.54 Å². The van der Waals surface area contributed by atoms with Crippen molar-refractivity contribution in [1.29, 1.82) is 0 Å². The molecule has 1 N–H and O–H groups in total. The lowest BCUT2D eigenvalue weighted by atomic mass is 10.1. The molecule has 0 aliphatic carbocycles. The number of hydrogen-bond donors (Lipinski definition) is 1. The summed E-state index contributed by atoms with van der Waals surface area (Å²) in [4.78, 5) is 0. The van der Waals surface area contributed by atoms with Crippen molar-refractivity contribution in [2.45, 2.75) is 33.2 Å². The summed E-state index contributed by atoms with van der Waals surface area (Å²) in [5.74, 6) is 1.69. The van der Waals surface area contributed by atoms with Crippen LogP contribution in [-0.4, -0.2) is 13.7 Å². The van der Waals surface area contributed by atoms with E-state index in [1.54, 1.807) is 7.11 Å². The molecule has 1 unspecified atom stereocenters. The van der Waals surface area contributed by atoms with Crippen molar-refractivity contribution in [3.05, 3.63) is 29.8 Å². The normalized spacial score (nSPS) is 12.4. The third-order valence-corrected chi connectivity index (χ3v) is 2.74. The molecule has 16 heavy (non-hydrogen) atoms. The first-order valence-electron chi connectivity index (χ1n) is 6.10. The molecule has 0 bridgehead atoms. The van der Waals surface area contributed by atoms with Gasteiger partial charge < -0.3 is 10.1 Å². The summed E-state index contributed by atoms with van der Waals surface area (Å²) in [6.45, 7) is 6.54. The van der Waals surface area contributed by atoms with Crippen LogP contribution in [0.15, 0.2) is 24.3 Å². The topological polar surface area (TPSA) is 21.3 Å². The Hall–Kier alpha value is -1.02. The number of ether oxygens (including phenoxy) is 1. The maximum atomic E-state index is 5.19. The van der Waals surface area contributed by atoms with E-state index in [0.29, 0.717) is 0 Å². The fraction of sp³-hybridized carbons (Fsp3) is 0.571. The Balaban J connectivity index is 2.31. The van der Waals surface area contributed by atoms with Crippen LogP contribution in [0.1, 0.15) is 32.3 Å². The molecule has 90 valence electrons. The van der Waals surface area contributed by atoms with Crippen molar-refractivity contribution in [3.8, 4) is 5.75 Å². The molecule has 0 aliphatic rings. The summed E-state index contributed by atoms with van der Waals surface area (Å²) < 4.78 is 5.19. The van der Waals surface area contributed by atoms with E-state index >= 15 is 0 Å². The third-order valence-electron chi connectivity index (χ3n) is 2.74. The summed E-state index contributed by atoms with van der Waals surface area (Å²) in [5, 5.41) is 3.48. The number of rotatable bonds is 7. The van der Waals surface area contributed by atoms with Crippen molar-refractivity contribution in [3.63, 3.8) is 0 Å². The summed E-state index contributed by atoms with van der Waals surface area (Å²) in [5.41, 5.74) is 1.28. The molecular weight excluding hydrogens is 198 g/mol. The molecule has 1 atom stereocenters. The maximum absolute atomic E-state index is 5.19. The minimum absolute atomic E-state index is 0.760. The summed E-state index contributed by atoms with van der Waals surface area (Å²) >= 11 is 0. The average Bonchev–Trinajstić information content (AvgIpc) is 2.30. The Labute approximate surface area is 99.0 Å². The first-order valence-corrected chi connectivity index (χ1v) is 6.10. The van der Waals surface area contributed by atoms with E-state index in [9.17, 15) is 0 Å². The SMILES string of the molecule is CCCC(C)CNCc1cccc(OC)c1. The zero-order valence-corrected chi connectivity index (χ0v) is 10.6. The van der Waals surface area contributed by atoms with Gasteiger partial charge in [0.2, 0.25) is 0 Å². The molecule has 1 aromatic carbocycles. The lowest BCUT2D eigenvalue weighted by molar-refractivity contribution is 0.413. The van der Waals surface area contributed by atoms with Crippen molar-refractivity contribution in [1.82, 2.24) is 5.32 Å². The number of hydrogen-bond acceptors (Lipinski definition) is 2. The molecule has 0 saturated carbocycles. The Bertz CT molecular complexity index is 299. The number of benzene rings is 1. The minimum atomic E-state index is 0.760. The highest BCUT2D eigenvalue weighted by Crippen LogP contribution is 2.12. The van der Waals surface area contributed by atoms with Crippen LogP contribution in [0.5, 0.6) is 5.75 Å². The Morgan fingerprint density at radius 2 is 2.19 bits per heavy atom. The van der Waals surface area contributed by atoms with Gasteiger partial charge >= 0.3 is 0 Å². The molecule has 0 saturated heterocycles. The van der Waals surface area contributed by atoms with E-state index in [1.807, 2.05) is 12.1 Å². The lowest BCUT2D eigenvalue weighted by Crippen LogP contribution is -2.20. The predicted molar refractivity (Wildman–Crippen MR) is 68.8 cm³/mol. The molecule has 1 rings (SSSR count). The smallest absolute Gasteiger partial charge is 0.119 e. The predicted octanol–water partition coefficient (Wildman–Crippen LogP) is 3.22. The van der Waals surface area contributed by atoms with Crippen molar-refractivity contribution in [2.24, 2.45) is 5.92 Å². The van der Waals surface area contributed by atoms with Gasteiger partial charge in [-0.25, -0.2) is 0 Å². The van der Waals surface area contributed by atoms with Crippen LogP contribution >= 0.6 is 0 Å². The van der Waals surface area contributed by atoms with E-state index in [1.165, 1.54) is 18.4 Å². The Kier molecular flexibility index (Phi) is 5.94. The largest absolute Gasteiger partial charge is 0.497 e. The molecule has 0 radical (unpaired) electrons. The van der Waals surface area contributed by atoms with Crippen LogP contribution in [0.4, 0.5) is 0 Å². The van der Waals surface area contributed by atoms with Crippen molar-refractivity contribution < 1.29 is 4.74 Å². The van der Waals surface area contributed by atoms with Gasteiger partial charge in [-0.15, -0.1) is 0 Å². The summed E-state index contributed by atoms with van der Waals surface area (Å²) in [6.07, 6.45) is 2.56. The highest BCUT2D eigenvalue weighted by atomic mass is 16.5. The molecule has 2 heteroatoms. The highest BCUT2D eigenvalue weighted by molar-refractivity contribution is 5.28. The zero-order valence-electron chi connectivity index (χ0n) is 10.6. The zero-order chi connectivity index (χ0) is 11.8. The first kappa shape index (κ1) is 13.0. The fourth-order valence-electron chi connectivity index (χ4n) is 1.84. The van der Waals surface area contributed by atoms with Crippen LogP contribution in [0, 0.1) is 5.92 Å².